The lowest BCUT2D eigenvalue weighted by atomic mass is 9.84. The van der Waals surface area contributed by atoms with Crippen molar-refractivity contribution in [2.24, 2.45) is 4.99 Å². The lowest BCUT2D eigenvalue weighted by Gasteiger charge is -2.21. The number of phenolic OH excluding ortho intramolecular Hbond substituents is 1. The Labute approximate surface area is 281 Å². The van der Waals surface area contributed by atoms with Gasteiger partial charge in [-0.1, -0.05) is 114 Å². The molecule has 0 unspecified atom stereocenters. The van der Waals surface area contributed by atoms with E-state index in [1.54, 1.807) is 23.6 Å². The molecule has 4 heteroatoms. The van der Waals surface area contributed by atoms with Crippen molar-refractivity contribution in [3.8, 4) is 27.4 Å². The van der Waals surface area contributed by atoms with E-state index in [2.05, 4.69) is 133 Å². The zero-order valence-electron chi connectivity index (χ0n) is 28.1. The van der Waals surface area contributed by atoms with Crippen LogP contribution in [0, 0.1) is 6.92 Å². The quantitative estimate of drug-likeness (QED) is 0.196. The average Bonchev–Trinajstić information content (AvgIpc) is 3.47. The van der Waals surface area contributed by atoms with Gasteiger partial charge in [0.15, 0.2) is 0 Å². The molecule has 0 saturated carbocycles. The number of phenols is 1. The van der Waals surface area contributed by atoms with Gasteiger partial charge in [0.25, 0.3) is 0 Å². The first-order chi connectivity index (χ1) is 22.4. The molecule has 0 aliphatic heterocycles. The van der Waals surface area contributed by atoms with Crippen molar-refractivity contribution >= 4 is 55.0 Å². The van der Waals surface area contributed by atoms with Gasteiger partial charge < -0.3 is 5.11 Å². The summed E-state index contributed by atoms with van der Waals surface area (Å²) in [4.78, 5) is 10.5. The number of aliphatic imine (C=N–C) groups is 1. The van der Waals surface area contributed by atoms with E-state index in [1.807, 2.05) is 12.1 Å². The second-order valence-electron chi connectivity index (χ2n) is 14.6. The Kier molecular flexibility index (Phi) is 7.52. The fourth-order valence-corrected chi connectivity index (χ4v) is 7.35. The van der Waals surface area contributed by atoms with Crippen LogP contribution in [0.4, 0.5) is 5.69 Å². The average molecular weight is 633 g/mol. The Bertz CT molecular complexity index is 2350. The van der Waals surface area contributed by atoms with Crippen LogP contribution in [0.1, 0.15) is 63.8 Å². The smallest absolute Gasteiger partial charge is 0.126 e. The summed E-state index contributed by atoms with van der Waals surface area (Å²) < 4.78 is 1.16. The number of hydrogen-bond acceptors (Lipinski definition) is 4. The molecule has 47 heavy (non-hydrogen) atoms. The van der Waals surface area contributed by atoms with E-state index in [0.717, 1.165) is 48.4 Å². The minimum atomic E-state index is -0.0473. The summed E-state index contributed by atoms with van der Waals surface area (Å²) in [6.07, 6.45) is 1.80. The molecule has 0 atom stereocenters. The third kappa shape index (κ3) is 5.72. The monoisotopic (exact) mass is 632 g/mol. The summed E-state index contributed by atoms with van der Waals surface area (Å²) >= 11 is 1.72. The fourth-order valence-electron chi connectivity index (χ4n) is 6.29. The molecular weight excluding hydrogens is 593 g/mol. The number of rotatable bonds is 4. The van der Waals surface area contributed by atoms with Gasteiger partial charge in [-0.2, -0.15) is 0 Å². The molecule has 0 saturated heterocycles. The fraction of sp³-hybridized carbons (Fsp3) is 0.209. The van der Waals surface area contributed by atoms with E-state index in [9.17, 15) is 5.11 Å². The van der Waals surface area contributed by atoms with Crippen molar-refractivity contribution in [1.29, 1.82) is 0 Å². The molecule has 0 fully saturated rings. The topological polar surface area (TPSA) is 45.5 Å². The molecule has 7 aromatic rings. The number of aryl methyl sites for hydroxylation is 1. The first-order valence-corrected chi connectivity index (χ1v) is 17.0. The second kappa shape index (κ2) is 11.5. The van der Waals surface area contributed by atoms with Crippen LogP contribution in [0.2, 0.25) is 0 Å². The first kappa shape index (κ1) is 30.8. The number of aromatic nitrogens is 1. The molecule has 234 valence electrons. The van der Waals surface area contributed by atoms with Crippen molar-refractivity contribution in [3.05, 3.63) is 125 Å². The van der Waals surface area contributed by atoms with Crippen molar-refractivity contribution in [1.82, 2.24) is 4.98 Å². The van der Waals surface area contributed by atoms with Crippen molar-refractivity contribution in [3.63, 3.8) is 0 Å². The van der Waals surface area contributed by atoms with Crippen LogP contribution >= 0.6 is 11.3 Å². The molecular formula is C43H40N2OS. The molecule has 0 aliphatic rings. The molecule has 0 amide bonds. The third-order valence-electron chi connectivity index (χ3n) is 9.15. The Balaban J connectivity index is 1.46. The van der Waals surface area contributed by atoms with Crippen LogP contribution in [-0.2, 0) is 10.8 Å². The highest BCUT2D eigenvalue weighted by molar-refractivity contribution is 7.21. The maximum Gasteiger partial charge on any atom is 0.126 e. The number of nitrogens with zero attached hydrogens (tertiary/aromatic N) is 2. The Morgan fingerprint density at radius 2 is 1.34 bits per heavy atom. The number of fused-ring (bicyclic) bond motifs is 3. The van der Waals surface area contributed by atoms with E-state index in [4.69, 9.17) is 9.98 Å². The van der Waals surface area contributed by atoms with Gasteiger partial charge in [-0.3, -0.25) is 4.99 Å². The Morgan fingerprint density at radius 1 is 0.660 bits per heavy atom. The van der Waals surface area contributed by atoms with Crippen molar-refractivity contribution in [2.45, 2.75) is 59.3 Å². The van der Waals surface area contributed by atoms with Crippen molar-refractivity contribution in [2.75, 3.05) is 0 Å². The van der Waals surface area contributed by atoms with Gasteiger partial charge in [0.05, 0.1) is 15.9 Å². The molecule has 7 rings (SSSR count). The lowest BCUT2D eigenvalue weighted by molar-refractivity contribution is 0.473. The highest BCUT2D eigenvalue weighted by atomic mass is 32.1. The lowest BCUT2D eigenvalue weighted by Crippen LogP contribution is -2.11. The maximum absolute atomic E-state index is 10.8. The van der Waals surface area contributed by atoms with Gasteiger partial charge in [0.2, 0.25) is 0 Å². The van der Waals surface area contributed by atoms with Crippen LogP contribution in [0.5, 0.6) is 5.75 Å². The standard InChI is InChI=1S/C43H40N2OS/c1-26-16-19-34(33-15-11-10-13-31(26)33)36-23-30(43(5,6)7)24-38-40(36)45-41(47-38)35-20-17-27-12-8-9-14-32(27)39(35)44-25-28-22-29(42(2,3)4)18-21-37(28)46/h8-25,46H,1-7H3. The Morgan fingerprint density at radius 3 is 2.09 bits per heavy atom. The van der Waals surface area contributed by atoms with Gasteiger partial charge in [-0.25, -0.2) is 4.98 Å². The molecule has 0 aliphatic carbocycles. The summed E-state index contributed by atoms with van der Waals surface area (Å²) in [6, 6.07) is 36.2. The van der Waals surface area contributed by atoms with Crippen LogP contribution < -0.4 is 0 Å². The highest BCUT2D eigenvalue weighted by Crippen LogP contribution is 2.45. The first-order valence-electron chi connectivity index (χ1n) is 16.2. The summed E-state index contributed by atoms with van der Waals surface area (Å²) in [5.74, 6) is 0.216. The minimum absolute atomic E-state index is 0.0322. The number of thiazole rings is 1. The molecule has 3 nitrogen and oxygen atoms in total. The van der Waals surface area contributed by atoms with Crippen LogP contribution in [0.15, 0.2) is 108 Å². The van der Waals surface area contributed by atoms with E-state index in [0.29, 0.717) is 5.56 Å². The largest absolute Gasteiger partial charge is 0.507 e. The van der Waals surface area contributed by atoms with Crippen molar-refractivity contribution < 1.29 is 5.11 Å². The van der Waals surface area contributed by atoms with Crippen LogP contribution in [0.25, 0.3) is 53.5 Å². The summed E-state index contributed by atoms with van der Waals surface area (Å²) in [5, 5.41) is 16.4. The Hall–Kier alpha value is -4.80. The van der Waals surface area contributed by atoms with E-state index >= 15 is 0 Å². The van der Waals surface area contributed by atoms with E-state index in [-0.39, 0.29) is 16.6 Å². The number of aromatic hydroxyl groups is 1. The molecule has 0 bridgehead atoms. The predicted octanol–water partition coefficient (Wildman–Crippen LogP) is 12.3. The summed E-state index contributed by atoms with van der Waals surface area (Å²) in [7, 11) is 0. The zero-order valence-corrected chi connectivity index (χ0v) is 29.0. The van der Waals surface area contributed by atoms with Gasteiger partial charge in [-0.15, -0.1) is 11.3 Å². The van der Waals surface area contributed by atoms with Gasteiger partial charge in [-0.05, 0) is 86.5 Å². The van der Waals surface area contributed by atoms with E-state index in [1.165, 1.54) is 27.5 Å². The summed E-state index contributed by atoms with van der Waals surface area (Å²) in [5.41, 5.74) is 9.50. The maximum atomic E-state index is 10.8. The summed E-state index contributed by atoms with van der Waals surface area (Å²) in [6.45, 7) is 15.5. The second-order valence-corrected chi connectivity index (χ2v) is 15.6. The zero-order chi connectivity index (χ0) is 33.1. The minimum Gasteiger partial charge on any atom is -0.507 e. The van der Waals surface area contributed by atoms with Gasteiger partial charge >= 0.3 is 0 Å². The molecule has 1 N–H and O–H groups in total. The SMILES string of the molecule is Cc1ccc(-c2cc(C(C)(C)C)cc3sc(-c4ccc5ccccc5c4N=Cc4cc(C(C)(C)C)ccc4O)nc23)c2ccccc12. The normalized spacial score (nSPS) is 12.6. The highest BCUT2D eigenvalue weighted by Gasteiger charge is 2.22. The third-order valence-corrected chi connectivity index (χ3v) is 10.2. The number of benzene rings is 6. The van der Waals surface area contributed by atoms with Gasteiger partial charge in [0.1, 0.15) is 10.8 Å². The van der Waals surface area contributed by atoms with Crippen LogP contribution in [0.3, 0.4) is 0 Å². The van der Waals surface area contributed by atoms with Crippen LogP contribution in [-0.4, -0.2) is 16.3 Å². The molecule has 1 heterocycles. The predicted molar refractivity (Wildman–Crippen MR) is 203 cm³/mol. The molecule has 0 radical (unpaired) electrons. The number of hydrogen-bond donors (Lipinski definition) is 1. The van der Waals surface area contributed by atoms with Gasteiger partial charge in [0, 0.05) is 28.3 Å². The molecule has 1 aromatic heterocycles. The molecule has 0 spiro atoms. The molecule has 6 aromatic carbocycles. The van der Waals surface area contributed by atoms with E-state index < -0.39 is 0 Å².